The minimum absolute atomic E-state index is 0.131. The molecule has 0 aliphatic carbocycles. The van der Waals surface area contributed by atoms with Crippen LogP contribution in [-0.2, 0) is 4.79 Å². The van der Waals surface area contributed by atoms with Crippen molar-refractivity contribution in [1.82, 2.24) is 0 Å². The van der Waals surface area contributed by atoms with Crippen LogP contribution in [0.1, 0.15) is 23.5 Å². The van der Waals surface area contributed by atoms with Crippen LogP contribution in [0.5, 0.6) is 23.0 Å². The van der Waals surface area contributed by atoms with E-state index >= 15 is 0 Å². The highest BCUT2D eigenvalue weighted by Crippen LogP contribution is 2.42. The van der Waals surface area contributed by atoms with Crippen LogP contribution in [0.3, 0.4) is 0 Å². The van der Waals surface area contributed by atoms with E-state index in [1.54, 1.807) is 48.5 Å². The van der Waals surface area contributed by atoms with Crippen molar-refractivity contribution in [3.8, 4) is 34.1 Å². The number of fused-ring (bicyclic) bond motifs is 4. The van der Waals surface area contributed by atoms with Gasteiger partial charge in [-0.3, -0.25) is 14.4 Å². The third kappa shape index (κ3) is 3.90. The van der Waals surface area contributed by atoms with Crippen LogP contribution in [0.4, 0.5) is 0 Å². The lowest BCUT2D eigenvalue weighted by Gasteiger charge is -2.25. The summed E-state index contributed by atoms with van der Waals surface area (Å²) in [5.74, 6) is 0.433. The smallest absolute Gasteiger partial charge is 0.312 e. The summed E-state index contributed by atoms with van der Waals surface area (Å²) in [6.07, 6.45) is 2.57. The van der Waals surface area contributed by atoms with Crippen molar-refractivity contribution in [2.75, 3.05) is 21.3 Å². The third-order valence-electron chi connectivity index (χ3n) is 6.96. The summed E-state index contributed by atoms with van der Waals surface area (Å²) >= 11 is 0. The van der Waals surface area contributed by atoms with Crippen molar-refractivity contribution < 1.29 is 32.6 Å². The molecule has 9 heteroatoms. The van der Waals surface area contributed by atoms with Crippen molar-refractivity contribution in [1.29, 1.82) is 0 Å². The molecule has 6 rings (SSSR count). The topological polar surface area (TPSA) is 114 Å². The lowest BCUT2D eigenvalue weighted by Crippen LogP contribution is -2.25. The van der Waals surface area contributed by atoms with Gasteiger partial charge in [-0.1, -0.05) is 6.07 Å². The molecule has 0 unspecified atom stereocenters. The standard InChI is InChI=1S/C30H22O9/c1-34-16-5-8-22-19(11-16)29(33)21(14-37-22)18-12-26(31)39-24-9-6-17-28(32)20(13-38-30(17)27(18)24)15-4-7-23(35-2)25(10-15)36-3/h4-11,13-14,18H,12H2,1-3H3/t18-/m0/s1. The Balaban J connectivity index is 1.55. The predicted molar refractivity (Wildman–Crippen MR) is 142 cm³/mol. The monoisotopic (exact) mass is 526 g/mol. The molecule has 0 saturated heterocycles. The zero-order chi connectivity index (χ0) is 27.3. The van der Waals surface area contributed by atoms with E-state index in [1.807, 2.05) is 0 Å². The summed E-state index contributed by atoms with van der Waals surface area (Å²) in [5.41, 5.74) is 1.56. The molecule has 2 aromatic heterocycles. The summed E-state index contributed by atoms with van der Waals surface area (Å²) in [7, 11) is 4.54. The number of rotatable bonds is 5. The summed E-state index contributed by atoms with van der Waals surface area (Å²) in [6, 6.07) is 13.1. The molecule has 5 aromatic rings. The summed E-state index contributed by atoms with van der Waals surface area (Å²) in [4.78, 5) is 39.8. The molecule has 0 saturated carbocycles. The highest BCUT2D eigenvalue weighted by molar-refractivity contribution is 5.90. The number of esters is 1. The van der Waals surface area contributed by atoms with Crippen LogP contribution < -0.4 is 29.8 Å². The second kappa shape index (κ2) is 9.36. The highest BCUT2D eigenvalue weighted by atomic mass is 16.5. The molecule has 0 bridgehead atoms. The van der Waals surface area contributed by atoms with Gasteiger partial charge in [-0.05, 0) is 48.0 Å². The molecule has 9 nitrogen and oxygen atoms in total. The van der Waals surface area contributed by atoms with Gasteiger partial charge in [0.05, 0.1) is 50.3 Å². The van der Waals surface area contributed by atoms with Gasteiger partial charge in [0, 0.05) is 17.0 Å². The second-order valence-electron chi connectivity index (χ2n) is 9.02. The molecule has 1 atom stereocenters. The third-order valence-corrected chi connectivity index (χ3v) is 6.96. The Hall–Kier alpha value is -5.05. The van der Waals surface area contributed by atoms with Gasteiger partial charge in [-0.2, -0.15) is 0 Å². The first-order valence-electron chi connectivity index (χ1n) is 12.0. The molecule has 0 radical (unpaired) electrons. The van der Waals surface area contributed by atoms with Crippen LogP contribution in [0.2, 0.25) is 0 Å². The van der Waals surface area contributed by atoms with Crippen molar-refractivity contribution in [2.45, 2.75) is 12.3 Å². The maximum Gasteiger partial charge on any atom is 0.312 e. The van der Waals surface area contributed by atoms with Gasteiger partial charge in [0.15, 0.2) is 16.9 Å². The van der Waals surface area contributed by atoms with E-state index in [1.165, 1.54) is 33.9 Å². The molecular weight excluding hydrogens is 504 g/mol. The first-order valence-corrected chi connectivity index (χ1v) is 12.0. The van der Waals surface area contributed by atoms with Gasteiger partial charge in [0.25, 0.3) is 0 Å². The second-order valence-corrected chi connectivity index (χ2v) is 9.02. The number of methoxy groups -OCH3 is 3. The summed E-state index contributed by atoms with van der Waals surface area (Å²) < 4.78 is 33.2. The van der Waals surface area contributed by atoms with Crippen LogP contribution in [-0.4, -0.2) is 27.3 Å². The van der Waals surface area contributed by atoms with Gasteiger partial charge in [0.2, 0.25) is 5.43 Å². The molecule has 0 spiro atoms. The van der Waals surface area contributed by atoms with E-state index in [2.05, 4.69) is 0 Å². The van der Waals surface area contributed by atoms with Crippen LogP contribution in [0.25, 0.3) is 33.1 Å². The van der Waals surface area contributed by atoms with E-state index in [0.29, 0.717) is 44.9 Å². The molecular formula is C30H22O9. The Morgan fingerprint density at radius 2 is 1.59 bits per heavy atom. The average Bonchev–Trinajstić information content (AvgIpc) is 2.96. The van der Waals surface area contributed by atoms with E-state index in [-0.39, 0.29) is 39.6 Å². The largest absolute Gasteiger partial charge is 0.497 e. The molecule has 0 N–H and O–H groups in total. The fourth-order valence-electron chi connectivity index (χ4n) is 5.02. The molecule has 1 aliphatic rings. The number of hydrogen-bond acceptors (Lipinski definition) is 9. The Morgan fingerprint density at radius 3 is 2.36 bits per heavy atom. The van der Waals surface area contributed by atoms with Gasteiger partial charge in [0.1, 0.15) is 28.9 Å². The van der Waals surface area contributed by atoms with Crippen LogP contribution in [0, 0.1) is 0 Å². The Bertz CT molecular complexity index is 1900. The lowest BCUT2D eigenvalue weighted by atomic mass is 9.85. The minimum Gasteiger partial charge on any atom is -0.497 e. The molecule has 1 aliphatic heterocycles. The Morgan fingerprint density at radius 1 is 0.769 bits per heavy atom. The fourth-order valence-corrected chi connectivity index (χ4v) is 5.02. The van der Waals surface area contributed by atoms with Crippen molar-refractivity contribution in [2.24, 2.45) is 0 Å². The SMILES string of the molecule is COc1ccc2occ([C@@H]3CC(=O)Oc4ccc5c(=O)c(-c6ccc(OC)c(OC)c6)coc5c43)c(=O)c2c1. The predicted octanol–water partition coefficient (Wildman–Crippen LogP) is 5.03. The molecule has 196 valence electrons. The number of hydrogen-bond donors (Lipinski definition) is 0. The normalized spacial score (nSPS) is 14.6. The molecule has 0 fully saturated rings. The van der Waals surface area contributed by atoms with Crippen LogP contribution in [0.15, 0.2) is 79.5 Å². The van der Waals surface area contributed by atoms with Crippen molar-refractivity contribution in [3.63, 3.8) is 0 Å². The maximum absolute atomic E-state index is 13.7. The summed E-state index contributed by atoms with van der Waals surface area (Å²) in [5, 5.41) is 0.584. The number of ether oxygens (including phenoxy) is 4. The van der Waals surface area contributed by atoms with Gasteiger partial charge < -0.3 is 27.8 Å². The maximum atomic E-state index is 13.7. The quantitative estimate of drug-likeness (QED) is 0.230. The summed E-state index contributed by atoms with van der Waals surface area (Å²) in [6.45, 7) is 0. The number of carbonyl (C=O) groups excluding carboxylic acids is 1. The Labute approximate surface area is 221 Å². The van der Waals surface area contributed by atoms with Gasteiger partial charge in [-0.25, -0.2) is 0 Å². The molecule has 39 heavy (non-hydrogen) atoms. The average molecular weight is 526 g/mol. The number of benzene rings is 3. The fraction of sp³-hybridized carbons (Fsp3) is 0.167. The zero-order valence-electron chi connectivity index (χ0n) is 21.2. The first kappa shape index (κ1) is 24.3. The molecule has 3 heterocycles. The lowest BCUT2D eigenvalue weighted by molar-refractivity contribution is -0.135. The van der Waals surface area contributed by atoms with E-state index in [9.17, 15) is 14.4 Å². The van der Waals surface area contributed by atoms with Crippen LogP contribution >= 0.6 is 0 Å². The Kier molecular flexibility index (Phi) is 5.83. The molecule has 3 aromatic carbocycles. The highest BCUT2D eigenvalue weighted by Gasteiger charge is 2.34. The van der Waals surface area contributed by atoms with E-state index in [4.69, 9.17) is 27.8 Å². The molecule has 0 amide bonds. The van der Waals surface area contributed by atoms with E-state index < -0.39 is 11.9 Å². The van der Waals surface area contributed by atoms with Gasteiger partial charge in [-0.15, -0.1) is 0 Å². The number of carbonyl (C=O) groups is 1. The van der Waals surface area contributed by atoms with Crippen molar-refractivity contribution >= 4 is 27.9 Å². The minimum atomic E-state index is -0.758. The first-order chi connectivity index (χ1) is 18.9. The van der Waals surface area contributed by atoms with Gasteiger partial charge >= 0.3 is 5.97 Å². The zero-order valence-corrected chi connectivity index (χ0v) is 21.2. The van der Waals surface area contributed by atoms with E-state index in [0.717, 1.165) is 0 Å². The van der Waals surface area contributed by atoms with Crippen molar-refractivity contribution in [3.05, 3.63) is 92.6 Å².